The van der Waals surface area contributed by atoms with Gasteiger partial charge in [-0.25, -0.2) is 0 Å². The van der Waals surface area contributed by atoms with E-state index < -0.39 is 0 Å². The van der Waals surface area contributed by atoms with E-state index in [1.807, 2.05) is 30.0 Å². The lowest BCUT2D eigenvalue weighted by Crippen LogP contribution is -2.38. The van der Waals surface area contributed by atoms with E-state index in [0.29, 0.717) is 0 Å². The molecule has 1 amide bonds. The molecule has 1 saturated heterocycles. The number of H-pyrrole nitrogens is 1. The lowest BCUT2D eigenvalue weighted by atomic mass is 9.99. The molecule has 1 atom stereocenters. The molecule has 5 heteroatoms. The predicted molar refractivity (Wildman–Crippen MR) is 75.3 cm³/mol. The molecule has 1 unspecified atom stereocenters. The molecule has 3 heterocycles. The first-order valence-electron chi connectivity index (χ1n) is 6.62. The third-order valence-electron chi connectivity index (χ3n) is 3.60. The van der Waals surface area contributed by atoms with Gasteiger partial charge in [0.2, 0.25) is 0 Å². The largest absolute Gasteiger partial charge is 0.329 e. The number of aromatic nitrogens is 2. The zero-order chi connectivity index (χ0) is 13.2. The fourth-order valence-corrected chi connectivity index (χ4v) is 3.46. The van der Waals surface area contributed by atoms with E-state index in [-0.39, 0.29) is 11.9 Å². The molecule has 100 valence electrons. The second-order valence-electron chi connectivity index (χ2n) is 4.93. The molecule has 3 rings (SSSR count). The molecule has 2 aromatic heterocycles. The highest BCUT2D eigenvalue weighted by molar-refractivity contribution is 7.13. The molecule has 0 saturated carbocycles. The first-order chi connectivity index (χ1) is 9.25. The zero-order valence-corrected chi connectivity index (χ0v) is 11.7. The molecule has 19 heavy (non-hydrogen) atoms. The third kappa shape index (κ3) is 2.42. The highest BCUT2D eigenvalue weighted by atomic mass is 32.1. The van der Waals surface area contributed by atoms with Crippen LogP contribution in [0, 0.1) is 6.92 Å². The van der Waals surface area contributed by atoms with Gasteiger partial charge in [-0.2, -0.15) is 5.10 Å². The number of hydrogen-bond donors (Lipinski definition) is 1. The van der Waals surface area contributed by atoms with Gasteiger partial charge >= 0.3 is 0 Å². The normalized spacial score (nSPS) is 19.6. The fraction of sp³-hybridized carbons (Fsp3) is 0.429. The second-order valence-corrected chi connectivity index (χ2v) is 6.22. The van der Waals surface area contributed by atoms with Crippen molar-refractivity contribution >= 4 is 17.2 Å². The summed E-state index contributed by atoms with van der Waals surface area (Å²) >= 11 is 1.57. The minimum absolute atomic E-state index is 0.145. The van der Waals surface area contributed by atoms with Gasteiger partial charge in [-0.3, -0.25) is 9.89 Å². The summed E-state index contributed by atoms with van der Waals surface area (Å²) in [6.07, 6.45) is 5.01. The number of carbonyl (C=O) groups excluding carboxylic acids is 1. The summed E-state index contributed by atoms with van der Waals surface area (Å²) in [5.74, 6) is 0.150. The fourth-order valence-electron chi connectivity index (χ4n) is 2.64. The van der Waals surface area contributed by atoms with Crippen molar-refractivity contribution in [2.24, 2.45) is 0 Å². The van der Waals surface area contributed by atoms with E-state index in [1.54, 1.807) is 17.5 Å². The van der Waals surface area contributed by atoms with Crippen LogP contribution < -0.4 is 0 Å². The first kappa shape index (κ1) is 12.4. The van der Waals surface area contributed by atoms with Gasteiger partial charge in [0.25, 0.3) is 5.91 Å². The van der Waals surface area contributed by atoms with Crippen LogP contribution in [-0.2, 0) is 0 Å². The molecule has 0 radical (unpaired) electrons. The Morgan fingerprint density at radius 1 is 1.42 bits per heavy atom. The summed E-state index contributed by atoms with van der Waals surface area (Å²) in [6.45, 7) is 2.86. The van der Waals surface area contributed by atoms with Gasteiger partial charge in [0.15, 0.2) is 0 Å². The van der Waals surface area contributed by atoms with E-state index in [1.165, 1.54) is 4.88 Å². The molecule has 0 spiro atoms. The van der Waals surface area contributed by atoms with E-state index >= 15 is 0 Å². The Morgan fingerprint density at radius 2 is 2.32 bits per heavy atom. The quantitative estimate of drug-likeness (QED) is 0.915. The number of aryl methyl sites for hydroxylation is 1. The van der Waals surface area contributed by atoms with Crippen molar-refractivity contribution in [3.05, 3.63) is 39.8 Å². The van der Waals surface area contributed by atoms with Crippen molar-refractivity contribution in [3.63, 3.8) is 0 Å². The summed E-state index contributed by atoms with van der Waals surface area (Å²) in [7, 11) is 0. The predicted octanol–water partition coefficient (Wildman–Crippen LogP) is 3.15. The average molecular weight is 275 g/mol. The van der Waals surface area contributed by atoms with E-state index in [0.717, 1.165) is 36.4 Å². The SMILES string of the molecule is Cc1ccc(C(=O)N2CCCCC2c2ccn[nH]2)s1. The summed E-state index contributed by atoms with van der Waals surface area (Å²) < 4.78 is 0. The highest BCUT2D eigenvalue weighted by Crippen LogP contribution is 2.32. The molecule has 1 aliphatic heterocycles. The maximum Gasteiger partial charge on any atom is 0.264 e. The standard InChI is InChI=1S/C14H17N3OS/c1-10-5-6-13(19-10)14(18)17-9-3-2-4-12(17)11-7-8-15-16-11/h5-8,12H,2-4,9H2,1H3,(H,15,16). The van der Waals surface area contributed by atoms with Crippen LogP contribution in [0.1, 0.15) is 45.5 Å². The minimum Gasteiger partial charge on any atom is -0.329 e. The summed E-state index contributed by atoms with van der Waals surface area (Å²) in [4.78, 5) is 16.6. The number of thiophene rings is 1. The van der Waals surface area contributed by atoms with Crippen LogP contribution in [0.15, 0.2) is 24.4 Å². The van der Waals surface area contributed by atoms with Gasteiger partial charge < -0.3 is 4.90 Å². The number of amides is 1. The summed E-state index contributed by atoms with van der Waals surface area (Å²) in [5, 5.41) is 7.02. The zero-order valence-electron chi connectivity index (χ0n) is 10.9. The van der Waals surface area contributed by atoms with Crippen molar-refractivity contribution in [1.82, 2.24) is 15.1 Å². The van der Waals surface area contributed by atoms with E-state index in [9.17, 15) is 4.79 Å². The Hall–Kier alpha value is -1.62. The molecule has 1 fully saturated rings. The van der Waals surface area contributed by atoms with Crippen LogP contribution in [0.5, 0.6) is 0 Å². The Kier molecular flexibility index (Phi) is 3.38. The number of likely N-dealkylation sites (tertiary alicyclic amines) is 1. The minimum atomic E-state index is 0.145. The third-order valence-corrected chi connectivity index (χ3v) is 4.58. The summed E-state index contributed by atoms with van der Waals surface area (Å²) in [5.41, 5.74) is 1.04. The molecular formula is C14H17N3OS. The van der Waals surface area contributed by atoms with Gasteiger partial charge in [-0.1, -0.05) is 0 Å². The number of hydrogen-bond acceptors (Lipinski definition) is 3. The lowest BCUT2D eigenvalue weighted by Gasteiger charge is -2.34. The topological polar surface area (TPSA) is 49.0 Å². The van der Waals surface area contributed by atoms with Crippen LogP contribution in [-0.4, -0.2) is 27.5 Å². The smallest absolute Gasteiger partial charge is 0.264 e. The van der Waals surface area contributed by atoms with Gasteiger partial charge in [-0.15, -0.1) is 11.3 Å². The molecule has 4 nitrogen and oxygen atoms in total. The van der Waals surface area contributed by atoms with Crippen LogP contribution in [0.3, 0.4) is 0 Å². The van der Waals surface area contributed by atoms with E-state index in [2.05, 4.69) is 10.2 Å². The van der Waals surface area contributed by atoms with Crippen molar-refractivity contribution in [3.8, 4) is 0 Å². The molecule has 0 bridgehead atoms. The molecule has 2 aromatic rings. The molecule has 0 aromatic carbocycles. The number of nitrogens with one attached hydrogen (secondary N) is 1. The molecule has 0 aliphatic carbocycles. The Bertz CT molecular complexity index is 561. The molecule has 1 N–H and O–H groups in total. The highest BCUT2D eigenvalue weighted by Gasteiger charge is 2.30. The summed E-state index contributed by atoms with van der Waals surface area (Å²) in [6, 6.07) is 6.05. The second kappa shape index (κ2) is 5.17. The monoisotopic (exact) mass is 275 g/mol. The Labute approximate surface area is 116 Å². The van der Waals surface area contributed by atoms with Gasteiger partial charge in [0.05, 0.1) is 16.6 Å². The number of rotatable bonds is 2. The lowest BCUT2D eigenvalue weighted by molar-refractivity contribution is 0.0611. The van der Waals surface area contributed by atoms with Crippen molar-refractivity contribution in [2.75, 3.05) is 6.54 Å². The number of aromatic amines is 1. The molecule has 1 aliphatic rings. The van der Waals surface area contributed by atoms with Gasteiger partial charge in [0.1, 0.15) is 0 Å². The average Bonchev–Trinajstić information content (AvgIpc) is 3.09. The van der Waals surface area contributed by atoms with Crippen LogP contribution >= 0.6 is 11.3 Å². The van der Waals surface area contributed by atoms with Crippen molar-refractivity contribution in [1.29, 1.82) is 0 Å². The van der Waals surface area contributed by atoms with Crippen molar-refractivity contribution < 1.29 is 4.79 Å². The van der Waals surface area contributed by atoms with Gasteiger partial charge in [0, 0.05) is 17.6 Å². The molecular weight excluding hydrogens is 258 g/mol. The maximum atomic E-state index is 12.6. The van der Waals surface area contributed by atoms with E-state index in [4.69, 9.17) is 0 Å². The maximum absolute atomic E-state index is 12.6. The van der Waals surface area contributed by atoms with Crippen molar-refractivity contribution in [2.45, 2.75) is 32.2 Å². The number of carbonyl (C=O) groups is 1. The van der Waals surface area contributed by atoms with Crippen LogP contribution in [0.25, 0.3) is 0 Å². The van der Waals surface area contributed by atoms with Crippen LogP contribution in [0.2, 0.25) is 0 Å². The van der Waals surface area contributed by atoms with Crippen LogP contribution in [0.4, 0.5) is 0 Å². The first-order valence-corrected chi connectivity index (χ1v) is 7.44. The number of piperidine rings is 1. The Morgan fingerprint density at radius 3 is 3.00 bits per heavy atom. The van der Waals surface area contributed by atoms with Gasteiger partial charge in [-0.05, 0) is 44.4 Å². The number of nitrogens with zero attached hydrogens (tertiary/aromatic N) is 2. The Balaban J connectivity index is 1.86.